The molecule has 10 heteroatoms. The predicted octanol–water partition coefficient (Wildman–Crippen LogP) is -0.257. The lowest BCUT2D eigenvalue weighted by Crippen LogP contribution is -2.59. The highest BCUT2D eigenvalue weighted by atomic mass is 32.2. The first kappa shape index (κ1) is 18.4. The van der Waals surface area contributed by atoms with Crippen LogP contribution in [-0.2, 0) is 10.2 Å². The number of amides is 4. The first-order valence-corrected chi connectivity index (χ1v) is 7.48. The fourth-order valence-electron chi connectivity index (χ4n) is 1.18. The second-order valence-corrected chi connectivity index (χ2v) is 6.31. The molecule has 0 aromatic heterocycles. The average Bonchev–Trinajstić information content (AvgIpc) is 2.36. The lowest BCUT2D eigenvalue weighted by Gasteiger charge is -2.30. The van der Waals surface area contributed by atoms with Gasteiger partial charge in [-0.15, -0.1) is 4.41 Å². The summed E-state index contributed by atoms with van der Waals surface area (Å²) in [4.78, 5) is 26.3. The fourth-order valence-corrected chi connectivity index (χ4v) is 2.01. The summed E-state index contributed by atoms with van der Waals surface area (Å²) >= 11 is 0. The van der Waals surface area contributed by atoms with Crippen molar-refractivity contribution >= 4 is 22.3 Å². The molecule has 0 unspecified atom stereocenters. The van der Waals surface area contributed by atoms with Gasteiger partial charge in [0.25, 0.3) is 0 Å². The largest absolute Gasteiger partial charge is 0.354 e. The van der Waals surface area contributed by atoms with Crippen molar-refractivity contribution in [1.82, 2.24) is 23.9 Å². The van der Waals surface area contributed by atoms with Gasteiger partial charge in [0.05, 0.1) is 0 Å². The van der Waals surface area contributed by atoms with Crippen molar-refractivity contribution < 1.29 is 18.0 Å². The molecular formula is C10H23N5O4S. The molecule has 9 nitrogen and oxygen atoms in total. The van der Waals surface area contributed by atoms with Gasteiger partial charge in [-0.1, -0.05) is 0 Å². The van der Waals surface area contributed by atoms with Crippen LogP contribution in [0.2, 0.25) is 0 Å². The molecule has 0 bridgehead atoms. The molecule has 4 amide bonds. The molecule has 0 rings (SSSR count). The van der Waals surface area contributed by atoms with Gasteiger partial charge in [0.2, 0.25) is 0 Å². The van der Waals surface area contributed by atoms with Crippen LogP contribution in [0.3, 0.4) is 0 Å². The third-order valence-corrected chi connectivity index (χ3v) is 4.14. The van der Waals surface area contributed by atoms with Crippen LogP contribution in [0.25, 0.3) is 0 Å². The van der Waals surface area contributed by atoms with Gasteiger partial charge in [0, 0.05) is 41.3 Å². The summed E-state index contributed by atoms with van der Waals surface area (Å²) in [6, 6.07) is -1.52. The molecule has 0 aliphatic heterocycles. The van der Waals surface area contributed by atoms with E-state index in [9.17, 15) is 18.0 Å². The van der Waals surface area contributed by atoms with Gasteiger partial charge >= 0.3 is 22.3 Å². The van der Waals surface area contributed by atoms with Gasteiger partial charge < -0.3 is 9.80 Å². The number of carbonyl (C=O) groups is 2. The maximum atomic E-state index is 12.2. The number of urea groups is 2. The van der Waals surface area contributed by atoms with Crippen molar-refractivity contribution in [2.24, 2.45) is 0 Å². The van der Waals surface area contributed by atoms with E-state index in [1.165, 1.54) is 33.1 Å². The number of carbonyl (C=O) groups excluding carboxylic acids is 2. The van der Waals surface area contributed by atoms with Crippen LogP contribution < -0.4 is 5.43 Å². The molecule has 0 atom stereocenters. The second kappa shape index (κ2) is 7.29. The Labute approximate surface area is 120 Å². The van der Waals surface area contributed by atoms with E-state index in [0.717, 1.165) is 9.21 Å². The lowest BCUT2D eigenvalue weighted by atomic mass is 10.5. The maximum Gasteiger partial charge on any atom is 0.354 e. The zero-order valence-corrected chi connectivity index (χ0v) is 13.6. The van der Waals surface area contributed by atoms with Crippen molar-refractivity contribution in [1.29, 1.82) is 0 Å². The van der Waals surface area contributed by atoms with Crippen molar-refractivity contribution in [2.45, 2.75) is 13.8 Å². The molecule has 0 saturated heterocycles. The van der Waals surface area contributed by atoms with Crippen LogP contribution in [0.15, 0.2) is 0 Å². The minimum absolute atomic E-state index is 0.326. The monoisotopic (exact) mass is 309 g/mol. The molecule has 0 heterocycles. The van der Waals surface area contributed by atoms with Crippen molar-refractivity contribution in [3.63, 3.8) is 0 Å². The number of hydrogen-bond acceptors (Lipinski definition) is 4. The van der Waals surface area contributed by atoms with Crippen LogP contribution in [0.4, 0.5) is 9.59 Å². The van der Waals surface area contributed by atoms with Crippen LogP contribution in [0.5, 0.6) is 0 Å². The third-order valence-electron chi connectivity index (χ3n) is 2.50. The highest BCUT2D eigenvalue weighted by Gasteiger charge is 2.34. The van der Waals surface area contributed by atoms with Gasteiger partial charge in [-0.25, -0.2) is 15.0 Å². The summed E-state index contributed by atoms with van der Waals surface area (Å²) in [7, 11) is 1.32. The zero-order valence-electron chi connectivity index (χ0n) is 12.7. The van der Waals surface area contributed by atoms with E-state index in [0.29, 0.717) is 17.5 Å². The first-order valence-electron chi connectivity index (χ1n) is 6.09. The molecular weight excluding hydrogens is 286 g/mol. The van der Waals surface area contributed by atoms with E-state index in [1.54, 1.807) is 13.8 Å². The van der Waals surface area contributed by atoms with E-state index in [2.05, 4.69) is 5.43 Å². The first-order chi connectivity index (χ1) is 9.09. The normalized spacial score (nSPS) is 11.2. The van der Waals surface area contributed by atoms with E-state index >= 15 is 0 Å². The van der Waals surface area contributed by atoms with Crippen LogP contribution in [0.1, 0.15) is 13.8 Å². The molecule has 1 N–H and O–H groups in total. The van der Waals surface area contributed by atoms with Gasteiger partial charge in [0.1, 0.15) is 0 Å². The Kier molecular flexibility index (Phi) is 6.73. The molecule has 0 aliphatic carbocycles. The molecule has 0 aliphatic rings. The average molecular weight is 309 g/mol. The molecule has 0 fully saturated rings. The number of hydrazine groups is 1. The van der Waals surface area contributed by atoms with Crippen LogP contribution in [0, 0.1) is 0 Å². The van der Waals surface area contributed by atoms with E-state index < -0.39 is 22.3 Å². The van der Waals surface area contributed by atoms with Crippen molar-refractivity contribution in [3.05, 3.63) is 0 Å². The number of rotatable bonds is 4. The van der Waals surface area contributed by atoms with Gasteiger partial charge in [-0.05, 0) is 13.8 Å². The predicted molar refractivity (Wildman–Crippen MR) is 75.0 cm³/mol. The lowest BCUT2D eigenvalue weighted by molar-refractivity contribution is 0.159. The Bertz CT molecular complexity index is 445. The smallest absolute Gasteiger partial charge is 0.329 e. The summed E-state index contributed by atoms with van der Waals surface area (Å²) in [5.41, 5.74) is 2.09. The zero-order chi connectivity index (χ0) is 16.1. The number of nitrogens with one attached hydrogen (secondary N) is 1. The Morgan fingerprint density at radius 3 is 1.75 bits per heavy atom. The molecule has 0 spiro atoms. The third kappa shape index (κ3) is 4.23. The van der Waals surface area contributed by atoms with Gasteiger partial charge in [-0.3, -0.25) is 0 Å². The minimum Gasteiger partial charge on any atom is -0.329 e. The van der Waals surface area contributed by atoms with Crippen LogP contribution in [-0.4, -0.2) is 80.3 Å². The quantitative estimate of drug-likeness (QED) is 0.724. The molecule has 0 aromatic rings. The summed E-state index contributed by atoms with van der Waals surface area (Å²) in [5.74, 6) is 0. The molecule has 0 radical (unpaired) electrons. The Balaban J connectivity index is 5.49. The minimum atomic E-state index is -4.12. The highest BCUT2D eigenvalue weighted by Crippen LogP contribution is 2.06. The Morgan fingerprint density at radius 2 is 1.45 bits per heavy atom. The SMILES string of the molecule is CCN(CC)C(=O)N(NC(=O)N(C)C)S(=O)(=O)N(C)C. The second-order valence-electron chi connectivity index (χ2n) is 4.32. The molecule has 118 valence electrons. The van der Waals surface area contributed by atoms with E-state index in [1.807, 2.05) is 0 Å². The Morgan fingerprint density at radius 1 is 1.00 bits per heavy atom. The fraction of sp³-hybridized carbons (Fsp3) is 0.800. The van der Waals surface area contributed by atoms with Crippen molar-refractivity contribution in [3.8, 4) is 0 Å². The van der Waals surface area contributed by atoms with E-state index in [-0.39, 0.29) is 0 Å². The summed E-state index contributed by atoms with van der Waals surface area (Å²) < 4.78 is 25.5. The molecule has 0 aromatic carbocycles. The topological polar surface area (TPSA) is 93.3 Å². The summed E-state index contributed by atoms with van der Waals surface area (Å²) in [5, 5.41) is 0. The maximum absolute atomic E-state index is 12.2. The number of nitrogens with zero attached hydrogens (tertiary/aromatic N) is 4. The Hall–Kier alpha value is -1.55. The summed E-state index contributed by atoms with van der Waals surface area (Å²) in [6.07, 6.45) is 0. The molecule has 0 saturated carbocycles. The van der Waals surface area contributed by atoms with Gasteiger partial charge in [-0.2, -0.15) is 12.7 Å². The summed E-state index contributed by atoms with van der Waals surface area (Å²) in [6.45, 7) is 4.09. The number of hydrogen-bond donors (Lipinski definition) is 1. The van der Waals surface area contributed by atoms with Crippen LogP contribution >= 0.6 is 0 Å². The van der Waals surface area contributed by atoms with Crippen molar-refractivity contribution in [2.75, 3.05) is 41.3 Å². The highest BCUT2D eigenvalue weighted by molar-refractivity contribution is 7.87. The standard InChI is InChI=1S/C10H23N5O4S/c1-7-14(8-2)10(17)15(11-9(16)12(3)4)20(18,19)13(5)6/h7-8H2,1-6H3,(H,11,16). The van der Waals surface area contributed by atoms with E-state index in [4.69, 9.17) is 0 Å². The van der Waals surface area contributed by atoms with Gasteiger partial charge in [0.15, 0.2) is 0 Å². The molecule has 20 heavy (non-hydrogen) atoms.